The van der Waals surface area contributed by atoms with Gasteiger partial charge in [0.1, 0.15) is 5.76 Å². The van der Waals surface area contributed by atoms with Gasteiger partial charge in [-0.15, -0.1) is 0 Å². The van der Waals surface area contributed by atoms with Gasteiger partial charge in [0.05, 0.1) is 0 Å². The van der Waals surface area contributed by atoms with E-state index in [0.717, 1.165) is 6.54 Å². The normalized spacial score (nSPS) is 20.4. The molecule has 1 saturated heterocycles. The summed E-state index contributed by atoms with van der Waals surface area (Å²) in [4.78, 5) is 18.7. The summed E-state index contributed by atoms with van der Waals surface area (Å²) in [6, 6.07) is 0.578. The highest BCUT2D eigenvalue weighted by atomic mass is 16.4. The van der Waals surface area contributed by atoms with Gasteiger partial charge in [-0.1, -0.05) is 0 Å². The number of carbonyl (C=O) groups excluding carboxylic acids is 1. The van der Waals surface area contributed by atoms with Crippen LogP contribution in [0.4, 0.5) is 0 Å². The lowest BCUT2D eigenvalue weighted by molar-refractivity contribution is 0.0917. The van der Waals surface area contributed by atoms with Crippen LogP contribution >= 0.6 is 0 Å². The van der Waals surface area contributed by atoms with E-state index >= 15 is 0 Å². The predicted octanol–water partition coefficient (Wildman–Crippen LogP) is 2.14. The molecule has 5 heteroatoms. The molecular weight excluding hydrogens is 254 g/mol. The Morgan fingerprint density at radius 3 is 2.85 bits per heavy atom. The van der Waals surface area contributed by atoms with Gasteiger partial charge in [0.25, 0.3) is 5.91 Å². The summed E-state index contributed by atoms with van der Waals surface area (Å²) >= 11 is 0. The third-order valence-electron chi connectivity index (χ3n) is 3.95. The van der Waals surface area contributed by atoms with E-state index in [1.54, 1.807) is 13.8 Å². The third-order valence-corrected chi connectivity index (χ3v) is 3.95. The number of rotatable bonds is 4. The number of nitrogens with zero attached hydrogens (tertiary/aromatic N) is 2. The molecule has 0 aliphatic carbocycles. The number of amides is 1. The molecule has 0 radical (unpaired) electrons. The third kappa shape index (κ3) is 3.60. The van der Waals surface area contributed by atoms with Crippen LogP contribution in [0, 0.1) is 19.8 Å². The van der Waals surface area contributed by atoms with Crippen LogP contribution in [0.3, 0.4) is 0 Å². The number of hydrogen-bond acceptors (Lipinski definition) is 4. The number of aryl methyl sites for hydroxylation is 2. The van der Waals surface area contributed by atoms with Crippen molar-refractivity contribution in [3.05, 3.63) is 17.3 Å². The zero-order chi connectivity index (χ0) is 14.7. The van der Waals surface area contributed by atoms with Gasteiger partial charge in [-0.05, 0) is 46.1 Å². The van der Waals surface area contributed by atoms with E-state index in [1.807, 2.05) is 0 Å². The number of piperidine rings is 1. The minimum Gasteiger partial charge on any atom is -0.445 e. The standard InChI is InChI=1S/C15H25N3O2/c1-10(2)18-7-5-6-13(9-18)8-16-15(19)14-11(3)20-12(4)17-14/h10,13H,5-9H2,1-4H3,(H,16,19)/t13-/m0/s1. The van der Waals surface area contributed by atoms with Gasteiger partial charge in [-0.2, -0.15) is 0 Å². The highest BCUT2D eigenvalue weighted by Crippen LogP contribution is 2.18. The summed E-state index contributed by atoms with van der Waals surface area (Å²) in [6.07, 6.45) is 2.39. The summed E-state index contributed by atoms with van der Waals surface area (Å²) in [6.45, 7) is 10.9. The molecule has 2 heterocycles. The maximum Gasteiger partial charge on any atom is 0.273 e. The average Bonchev–Trinajstić information content (AvgIpc) is 2.75. The Morgan fingerprint density at radius 2 is 2.25 bits per heavy atom. The molecule has 1 aliphatic heterocycles. The quantitative estimate of drug-likeness (QED) is 0.917. The van der Waals surface area contributed by atoms with Gasteiger partial charge in [0.15, 0.2) is 11.6 Å². The van der Waals surface area contributed by atoms with Crippen LogP contribution < -0.4 is 5.32 Å². The van der Waals surface area contributed by atoms with Gasteiger partial charge in [-0.3, -0.25) is 4.79 Å². The van der Waals surface area contributed by atoms with E-state index in [9.17, 15) is 4.79 Å². The van der Waals surface area contributed by atoms with E-state index in [0.29, 0.717) is 35.8 Å². The Balaban J connectivity index is 1.86. The SMILES string of the molecule is Cc1nc(C(=O)NC[C@@H]2CCCN(C(C)C)C2)c(C)o1. The van der Waals surface area contributed by atoms with E-state index in [2.05, 4.69) is 29.0 Å². The summed E-state index contributed by atoms with van der Waals surface area (Å²) in [5.41, 5.74) is 0.416. The molecule has 1 amide bonds. The Morgan fingerprint density at radius 1 is 1.50 bits per heavy atom. The molecule has 2 rings (SSSR count). The molecule has 1 N–H and O–H groups in total. The molecule has 112 valence electrons. The first-order chi connectivity index (χ1) is 9.47. The molecule has 1 aliphatic rings. The molecule has 0 aromatic carbocycles. The molecule has 1 atom stereocenters. The van der Waals surface area contributed by atoms with Crippen LogP contribution in [0.25, 0.3) is 0 Å². The number of oxazole rings is 1. The second-order valence-electron chi connectivity index (χ2n) is 5.94. The van der Waals surface area contributed by atoms with Gasteiger partial charge in [0.2, 0.25) is 0 Å². The van der Waals surface area contributed by atoms with Gasteiger partial charge in [-0.25, -0.2) is 4.98 Å². The van der Waals surface area contributed by atoms with Gasteiger partial charge in [0, 0.05) is 26.1 Å². The lowest BCUT2D eigenvalue weighted by atomic mass is 9.97. The first kappa shape index (κ1) is 15.0. The fourth-order valence-corrected chi connectivity index (χ4v) is 2.79. The zero-order valence-electron chi connectivity index (χ0n) is 12.9. The topological polar surface area (TPSA) is 58.4 Å². The number of aromatic nitrogens is 1. The van der Waals surface area contributed by atoms with Crippen molar-refractivity contribution in [3.63, 3.8) is 0 Å². The highest BCUT2D eigenvalue weighted by Gasteiger charge is 2.23. The molecule has 0 spiro atoms. The number of likely N-dealkylation sites (tertiary alicyclic amines) is 1. The van der Waals surface area contributed by atoms with Crippen LogP contribution in [0.5, 0.6) is 0 Å². The minimum absolute atomic E-state index is 0.124. The smallest absolute Gasteiger partial charge is 0.273 e. The number of carbonyl (C=O) groups is 1. The second kappa shape index (κ2) is 6.39. The van der Waals surface area contributed by atoms with Crippen molar-refractivity contribution < 1.29 is 9.21 Å². The van der Waals surface area contributed by atoms with E-state index in [-0.39, 0.29) is 5.91 Å². The monoisotopic (exact) mass is 279 g/mol. The van der Waals surface area contributed by atoms with Crippen LogP contribution in [0.1, 0.15) is 48.8 Å². The lowest BCUT2D eigenvalue weighted by Gasteiger charge is -2.35. The number of hydrogen-bond donors (Lipinski definition) is 1. The van der Waals surface area contributed by atoms with E-state index in [1.165, 1.54) is 19.4 Å². The largest absolute Gasteiger partial charge is 0.445 e. The highest BCUT2D eigenvalue weighted by molar-refractivity contribution is 5.93. The summed E-state index contributed by atoms with van der Waals surface area (Å²) in [5.74, 6) is 1.54. The maximum absolute atomic E-state index is 12.1. The Bertz CT molecular complexity index is 468. The van der Waals surface area contributed by atoms with Crippen LogP contribution in [0.15, 0.2) is 4.42 Å². The van der Waals surface area contributed by atoms with Crippen molar-refractivity contribution in [2.45, 2.75) is 46.6 Å². The van der Waals surface area contributed by atoms with Gasteiger partial charge >= 0.3 is 0 Å². The lowest BCUT2D eigenvalue weighted by Crippen LogP contribution is -2.43. The van der Waals surface area contributed by atoms with E-state index < -0.39 is 0 Å². The second-order valence-corrected chi connectivity index (χ2v) is 5.94. The van der Waals surface area contributed by atoms with Crippen LogP contribution in [-0.2, 0) is 0 Å². The molecule has 1 aromatic rings. The maximum atomic E-state index is 12.1. The fraction of sp³-hybridized carbons (Fsp3) is 0.733. The predicted molar refractivity (Wildman–Crippen MR) is 77.7 cm³/mol. The van der Waals surface area contributed by atoms with Crippen molar-refractivity contribution in [2.24, 2.45) is 5.92 Å². The molecule has 1 aromatic heterocycles. The van der Waals surface area contributed by atoms with Crippen molar-refractivity contribution in [2.75, 3.05) is 19.6 Å². The summed E-state index contributed by atoms with van der Waals surface area (Å²) in [7, 11) is 0. The Hall–Kier alpha value is -1.36. The first-order valence-electron chi connectivity index (χ1n) is 7.43. The summed E-state index contributed by atoms with van der Waals surface area (Å²) in [5, 5.41) is 2.99. The van der Waals surface area contributed by atoms with Crippen LogP contribution in [0.2, 0.25) is 0 Å². The molecule has 5 nitrogen and oxygen atoms in total. The molecular formula is C15H25N3O2. The molecule has 20 heavy (non-hydrogen) atoms. The zero-order valence-corrected chi connectivity index (χ0v) is 12.9. The molecule has 0 saturated carbocycles. The van der Waals surface area contributed by atoms with Gasteiger partial charge < -0.3 is 14.6 Å². The molecule has 0 bridgehead atoms. The number of nitrogens with one attached hydrogen (secondary N) is 1. The fourth-order valence-electron chi connectivity index (χ4n) is 2.79. The Kier molecular flexibility index (Phi) is 4.81. The minimum atomic E-state index is -0.124. The summed E-state index contributed by atoms with van der Waals surface area (Å²) < 4.78 is 5.30. The van der Waals surface area contributed by atoms with Crippen molar-refractivity contribution in [1.29, 1.82) is 0 Å². The van der Waals surface area contributed by atoms with E-state index in [4.69, 9.17) is 4.42 Å². The van der Waals surface area contributed by atoms with Crippen molar-refractivity contribution >= 4 is 5.91 Å². The van der Waals surface area contributed by atoms with Crippen LogP contribution in [-0.4, -0.2) is 41.5 Å². The first-order valence-corrected chi connectivity index (χ1v) is 7.43. The Labute approximate surface area is 120 Å². The van der Waals surface area contributed by atoms with Crippen molar-refractivity contribution in [1.82, 2.24) is 15.2 Å². The molecule has 0 unspecified atom stereocenters. The van der Waals surface area contributed by atoms with Crippen molar-refractivity contribution in [3.8, 4) is 0 Å². The average molecular weight is 279 g/mol. The molecule has 1 fully saturated rings.